The van der Waals surface area contributed by atoms with Gasteiger partial charge in [-0.05, 0) is 25.2 Å². The quantitative estimate of drug-likeness (QED) is 0.426. The molecule has 0 unspecified atom stereocenters. The number of hydrogen-bond acceptors (Lipinski definition) is 4. The van der Waals surface area contributed by atoms with Gasteiger partial charge in [-0.25, -0.2) is 0 Å². The van der Waals surface area contributed by atoms with Crippen molar-refractivity contribution < 1.29 is 4.84 Å². The first-order valence-corrected chi connectivity index (χ1v) is 7.74. The van der Waals surface area contributed by atoms with Gasteiger partial charge in [0.15, 0.2) is 0 Å². The van der Waals surface area contributed by atoms with Crippen LogP contribution in [0.1, 0.15) is 25.1 Å². The highest BCUT2D eigenvalue weighted by atomic mass is 16.6. The zero-order valence-corrected chi connectivity index (χ0v) is 13.3. The van der Waals surface area contributed by atoms with E-state index in [1.54, 1.807) is 6.20 Å². The first-order valence-electron chi connectivity index (χ1n) is 7.74. The van der Waals surface area contributed by atoms with Crippen LogP contribution in [0.5, 0.6) is 0 Å². The van der Waals surface area contributed by atoms with Gasteiger partial charge in [0.2, 0.25) is 0 Å². The van der Waals surface area contributed by atoms with Gasteiger partial charge in [0, 0.05) is 18.3 Å². The average Bonchev–Trinajstić information content (AvgIpc) is 2.60. The van der Waals surface area contributed by atoms with Crippen LogP contribution in [-0.4, -0.2) is 41.8 Å². The first-order chi connectivity index (χ1) is 10.8. The summed E-state index contributed by atoms with van der Waals surface area (Å²) >= 11 is 0. The van der Waals surface area contributed by atoms with Crippen LogP contribution in [-0.2, 0) is 4.84 Å². The van der Waals surface area contributed by atoms with Gasteiger partial charge < -0.3 is 9.74 Å². The van der Waals surface area contributed by atoms with Crippen LogP contribution in [0.3, 0.4) is 0 Å². The number of aromatic nitrogens is 1. The summed E-state index contributed by atoms with van der Waals surface area (Å²) in [5.74, 6) is 0. The first kappa shape index (κ1) is 16.2. The summed E-state index contributed by atoms with van der Waals surface area (Å²) < 4.78 is 0. The molecule has 0 spiro atoms. The van der Waals surface area contributed by atoms with Crippen molar-refractivity contribution in [3.63, 3.8) is 0 Å². The average molecular weight is 297 g/mol. The fourth-order valence-corrected chi connectivity index (χ4v) is 2.17. The van der Waals surface area contributed by atoms with Crippen LogP contribution in [0.25, 0.3) is 0 Å². The number of nitrogens with zero attached hydrogens (tertiary/aromatic N) is 3. The van der Waals surface area contributed by atoms with E-state index >= 15 is 0 Å². The van der Waals surface area contributed by atoms with E-state index in [2.05, 4.69) is 28.9 Å². The number of likely N-dealkylation sites (N-methyl/N-ethyl adjacent to an activating group) is 1. The van der Waals surface area contributed by atoms with Crippen molar-refractivity contribution in [3.05, 3.63) is 66.0 Å². The van der Waals surface area contributed by atoms with E-state index in [0.717, 1.165) is 36.6 Å². The molecule has 22 heavy (non-hydrogen) atoms. The minimum Gasteiger partial charge on any atom is -0.394 e. The third-order valence-corrected chi connectivity index (χ3v) is 3.50. The van der Waals surface area contributed by atoms with E-state index in [9.17, 15) is 0 Å². The van der Waals surface area contributed by atoms with E-state index < -0.39 is 0 Å². The third-order valence-electron chi connectivity index (χ3n) is 3.50. The van der Waals surface area contributed by atoms with Gasteiger partial charge in [0.05, 0.1) is 5.69 Å². The van der Waals surface area contributed by atoms with Crippen LogP contribution >= 0.6 is 0 Å². The molecule has 1 heterocycles. The monoisotopic (exact) mass is 297 g/mol. The van der Waals surface area contributed by atoms with Gasteiger partial charge in [0.1, 0.15) is 12.3 Å². The Balaban J connectivity index is 2.10. The molecule has 0 aliphatic rings. The van der Waals surface area contributed by atoms with Crippen molar-refractivity contribution in [1.29, 1.82) is 0 Å². The molecular formula is C18H23N3O. The second kappa shape index (κ2) is 8.95. The van der Waals surface area contributed by atoms with E-state index in [4.69, 9.17) is 4.84 Å². The summed E-state index contributed by atoms with van der Waals surface area (Å²) in [6.45, 7) is 7.79. The van der Waals surface area contributed by atoms with Crippen LogP contribution in [0, 0.1) is 0 Å². The minimum atomic E-state index is 0.574. The lowest BCUT2D eigenvalue weighted by Crippen LogP contribution is -2.26. The zero-order valence-electron chi connectivity index (χ0n) is 13.3. The molecular weight excluding hydrogens is 274 g/mol. The summed E-state index contributed by atoms with van der Waals surface area (Å²) in [4.78, 5) is 12.2. The predicted octanol–water partition coefficient (Wildman–Crippen LogP) is 3.19. The fraction of sp³-hybridized carbons (Fsp3) is 0.333. The largest absolute Gasteiger partial charge is 0.394 e. The lowest BCUT2D eigenvalue weighted by molar-refractivity contribution is 0.114. The van der Waals surface area contributed by atoms with Crippen molar-refractivity contribution in [3.8, 4) is 0 Å². The van der Waals surface area contributed by atoms with Crippen LogP contribution in [0.15, 0.2) is 59.9 Å². The number of hydrogen-bond donors (Lipinski definition) is 0. The van der Waals surface area contributed by atoms with E-state index in [1.165, 1.54) is 0 Å². The van der Waals surface area contributed by atoms with Gasteiger partial charge in [-0.2, -0.15) is 0 Å². The maximum Gasteiger partial charge on any atom is 0.135 e. The molecule has 4 heteroatoms. The predicted molar refractivity (Wildman–Crippen MR) is 90.1 cm³/mol. The Labute approximate surface area is 132 Å². The van der Waals surface area contributed by atoms with Gasteiger partial charge >= 0.3 is 0 Å². The molecule has 0 aliphatic carbocycles. The van der Waals surface area contributed by atoms with E-state index in [-0.39, 0.29) is 0 Å². The number of pyridine rings is 1. The van der Waals surface area contributed by atoms with Gasteiger partial charge in [-0.1, -0.05) is 55.4 Å². The highest BCUT2D eigenvalue weighted by Gasteiger charge is 2.08. The van der Waals surface area contributed by atoms with Crippen molar-refractivity contribution in [2.24, 2.45) is 5.16 Å². The maximum absolute atomic E-state index is 5.55. The van der Waals surface area contributed by atoms with E-state index in [0.29, 0.717) is 6.61 Å². The molecule has 0 saturated heterocycles. The molecule has 2 rings (SSSR count). The number of rotatable bonds is 8. The highest BCUT2D eigenvalue weighted by molar-refractivity contribution is 6.11. The molecule has 116 valence electrons. The standard InChI is InChI=1S/C18H23N3O/c1-3-21(4-2)14-15-22-20-18(16-10-6-5-7-11-16)17-12-8-9-13-19-17/h5-13H,3-4,14-15H2,1-2H3/b20-18+. The molecule has 1 aromatic heterocycles. The van der Waals surface area contributed by atoms with Gasteiger partial charge in [-0.3, -0.25) is 4.98 Å². The molecule has 0 amide bonds. The Morgan fingerprint density at radius 2 is 1.77 bits per heavy atom. The summed E-state index contributed by atoms with van der Waals surface area (Å²) in [6.07, 6.45) is 1.77. The molecule has 1 aromatic carbocycles. The second-order valence-electron chi connectivity index (χ2n) is 4.88. The molecule has 0 atom stereocenters. The molecule has 0 radical (unpaired) electrons. The van der Waals surface area contributed by atoms with Crippen LogP contribution < -0.4 is 0 Å². The lowest BCUT2D eigenvalue weighted by atomic mass is 10.1. The Morgan fingerprint density at radius 3 is 2.41 bits per heavy atom. The van der Waals surface area contributed by atoms with E-state index in [1.807, 2.05) is 48.5 Å². The second-order valence-corrected chi connectivity index (χ2v) is 4.88. The molecule has 0 bridgehead atoms. The van der Waals surface area contributed by atoms with Crippen molar-refractivity contribution >= 4 is 5.71 Å². The lowest BCUT2D eigenvalue weighted by Gasteiger charge is -2.16. The molecule has 0 saturated carbocycles. The fourth-order valence-electron chi connectivity index (χ4n) is 2.17. The summed E-state index contributed by atoms with van der Waals surface area (Å²) in [5, 5.41) is 4.33. The molecule has 0 fully saturated rings. The molecule has 2 aromatic rings. The SMILES string of the molecule is CCN(CC)CCO/N=C(\c1ccccc1)c1ccccn1. The zero-order chi connectivity index (χ0) is 15.6. The Morgan fingerprint density at radius 1 is 1.05 bits per heavy atom. The number of benzene rings is 1. The van der Waals surface area contributed by atoms with Crippen molar-refractivity contribution in [2.45, 2.75) is 13.8 Å². The maximum atomic E-state index is 5.55. The van der Waals surface area contributed by atoms with Crippen molar-refractivity contribution in [2.75, 3.05) is 26.2 Å². The topological polar surface area (TPSA) is 37.7 Å². The molecule has 4 nitrogen and oxygen atoms in total. The highest BCUT2D eigenvalue weighted by Crippen LogP contribution is 2.09. The third kappa shape index (κ3) is 4.67. The van der Waals surface area contributed by atoms with Crippen molar-refractivity contribution in [1.82, 2.24) is 9.88 Å². The Bertz CT molecular complexity index is 524. The Kier molecular flexibility index (Phi) is 6.58. The molecule has 0 N–H and O–H groups in total. The summed E-state index contributed by atoms with van der Waals surface area (Å²) in [7, 11) is 0. The Hall–Kier alpha value is -2.20. The van der Waals surface area contributed by atoms with Gasteiger partial charge in [-0.15, -0.1) is 0 Å². The van der Waals surface area contributed by atoms with Crippen LogP contribution in [0.4, 0.5) is 0 Å². The minimum absolute atomic E-state index is 0.574. The summed E-state index contributed by atoms with van der Waals surface area (Å²) in [6, 6.07) is 15.8. The van der Waals surface area contributed by atoms with Gasteiger partial charge in [0.25, 0.3) is 0 Å². The molecule has 0 aliphatic heterocycles. The summed E-state index contributed by atoms with van der Waals surface area (Å²) in [5.41, 5.74) is 2.58. The number of oxime groups is 1. The normalized spacial score (nSPS) is 11.7. The van der Waals surface area contributed by atoms with Crippen LogP contribution in [0.2, 0.25) is 0 Å². The smallest absolute Gasteiger partial charge is 0.135 e.